The third-order valence-corrected chi connectivity index (χ3v) is 0.514. The van der Waals surface area contributed by atoms with E-state index in [1.54, 1.807) is 0 Å². The summed E-state index contributed by atoms with van der Waals surface area (Å²) in [5, 5.41) is 15.9. The second-order valence-corrected chi connectivity index (χ2v) is 1.13. The highest BCUT2D eigenvalue weighted by Crippen LogP contribution is 1.71. The van der Waals surface area contributed by atoms with Crippen molar-refractivity contribution in [3.05, 3.63) is 0 Å². The summed E-state index contributed by atoms with van der Waals surface area (Å²) in [4.78, 5) is 9.65. The number of hydrogen-bond acceptors (Lipinski definition) is 3. The van der Waals surface area contributed by atoms with Gasteiger partial charge < -0.3 is 21.4 Å². The van der Waals surface area contributed by atoms with Gasteiger partial charge in [0.25, 0.3) is 0 Å². The Morgan fingerprint density at radius 3 is 2.12 bits per heavy atom. The van der Waals surface area contributed by atoms with Crippen LogP contribution in [0, 0.1) is 0 Å². The highest BCUT2D eigenvalue weighted by atomic mass is 16.4. The molecule has 5 heteroatoms. The van der Waals surface area contributed by atoms with Crippen molar-refractivity contribution in [2.75, 3.05) is 6.61 Å². The fourth-order valence-corrected chi connectivity index (χ4v) is 0.0781. The maximum absolute atomic E-state index is 9.65. The van der Waals surface area contributed by atoms with Gasteiger partial charge in [-0.05, 0) is 0 Å². The van der Waals surface area contributed by atoms with Gasteiger partial charge in [-0.3, -0.25) is 4.79 Å². The van der Waals surface area contributed by atoms with Crippen LogP contribution < -0.4 is 5.73 Å². The van der Waals surface area contributed by atoms with Crippen molar-refractivity contribution in [3.8, 4) is 0 Å². The van der Waals surface area contributed by atoms with E-state index < -0.39 is 18.6 Å². The van der Waals surface area contributed by atoms with Gasteiger partial charge in [0, 0.05) is 0 Å². The lowest BCUT2D eigenvalue weighted by atomic mass is 10.3. The van der Waals surface area contributed by atoms with Crippen molar-refractivity contribution < 1.29 is 20.5 Å². The Hall–Kier alpha value is -0.650. The zero-order chi connectivity index (χ0) is 5.86. The number of carboxylic acid groups (broad SMARTS) is 1. The molecule has 0 heterocycles. The molecular formula is C3H9NO4. The Kier molecular flexibility index (Phi) is 5.83. The topological polar surface area (TPSA) is 115 Å². The quantitative estimate of drug-likeness (QED) is 0.378. The molecule has 0 aromatic heterocycles. The van der Waals surface area contributed by atoms with Gasteiger partial charge in [-0.1, -0.05) is 0 Å². The van der Waals surface area contributed by atoms with Gasteiger partial charge in [0.1, 0.15) is 6.04 Å². The van der Waals surface area contributed by atoms with E-state index in [0.29, 0.717) is 0 Å². The predicted octanol–water partition coefficient (Wildman–Crippen LogP) is -2.43. The van der Waals surface area contributed by atoms with Crippen molar-refractivity contribution in [2.24, 2.45) is 5.73 Å². The molecule has 0 fully saturated rings. The van der Waals surface area contributed by atoms with E-state index in [2.05, 4.69) is 0 Å². The Labute approximate surface area is 46.0 Å². The summed E-state index contributed by atoms with van der Waals surface area (Å²) >= 11 is 0. The van der Waals surface area contributed by atoms with Gasteiger partial charge in [-0.2, -0.15) is 0 Å². The van der Waals surface area contributed by atoms with E-state index in [1.165, 1.54) is 0 Å². The fourth-order valence-electron chi connectivity index (χ4n) is 0.0781. The lowest BCUT2D eigenvalue weighted by Crippen LogP contribution is -2.33. The molecule has 0 spiro atoms. The predicted molar refractivity (Wildman–Crippen MR) is 26.3 cm³/mol. The van der Waals surface area contributed by atoms with Crippen LogP contribution in [0.2, 0.25) is 0 Å². The molecule has 0 unspecified atom stereocenters. The number of aliphatic hydroxyl groups excluding tert-OH is 1. The first-order valence-corrected chi connectivity index (χ1v) is 1.77. The van der Waals surface area contributed by atoms with Gasteiger partial charge >= 0.3 is 5.97 Å². The van der Waals surface area contributed by atoms with Crippen LogP contribution in [0.4, 0.5) is 0 Å². The molecule has 0 aliphatic rings. The lowest BCUT2D eigenvalue weighted by molar-refractivity contribution is -0.139. The molecule has 50 valence electrons. The van der Waals surface area contributed by atoms with E-state index in [-0.39, 0.29) is 5.48 Å². The molecule has 0 aliphatic heterocycles. The SMILES string of the molecule is N[C@@H](CO)C(=O)O.O. The fraction of sp³-hybridized carbons (Fsp3) is 0.667. The molecule has 0 saturated carbocycles. The summed E-state index contributed by atoms with van der Waals surface area (Å²) in [7, 11) is 0. The molecule has 0 aromatic carbocycles. The molecule has 5 nitrogen and oxygen atoms in total. The largest absolute Gasteiger partial charge is 0.480 e. The lowest BCUT2D eigenvalue weighted by Gasteiger charge is -1.96. The maximum atomic E-state index is 9.65. The molecule has 0 amide bonds. The minimum Gasteiger partial charge on any atom is -0.480 e. The highest BCUT2D eigenvalue weighted by Gasteiger charge is 2.06. The number of carbonyl (C=O) groups is 1. The number of nitrogens with two attached hydrogens (primary N) is 1. The van der Waals surface area contributed by atoms with Crippen LogP contribution in [-0.4, -0.2) is 34.3 Å². The van der Waals surface area contributed by atoms with Crippen molar-refractivity contribution in [1.82, 2.24) is 0 Å². The van der Waals surface area contributed by atoms with E-state index in [1.807, 2.05) is 0 Å². The minimum absolute atomic E-state index is 0. The zero-order valence-electron chi connectivity index (χ0n) is 4.16. The molecule has 6 N–H and O–H groups in total. The summed E-state index contributed by atoms with van der Waals surface area (Å²) in [6.45, 7) is -0.505. The van der Waals surface area contributed by atoms with Crippen LogP contribution in [0.25, 0.3) is 0 Å². The summed E-state index contributed by atoms with van der Waals surface area (Å²) in [6, 6.07) is -1.13. The van der Waals surface area contributed by atoms with Gasteiger partial charge in [-0.15, -0.1) is 0 Å². The Morgan fingerprint density at radius 1 is 1.75 bits per heavy atom. The smallest absolute Gasteiger partial charge is 0.322 e. The Bertz CT molecular complexity index is 73.7. The van der Waals surface area contributed by atoms with Crippen LogP contribution in [0.3, 0.4) is 0 Å². The molecular weight excluding hydrogens is 114 g/mol. The number of aliphatic hydroxyl groups is 1. The summed E-state index contributed by atoms with van der Waals surface area (Å²) in [6.07, 6.45) is 0. The Morgan fingerprint density at radius 2 is 2.12 bits per heavy atom. The molecule has 0 aliphatic carbocycles. The summed E-state index contributed by atoms with van der Waals surface area (Å²) < 4.78 is 0. The van der Waals surface area contributed by atoms with E-state index >= 15 is 0 Å². The van der Waals surface area contributed by atoms with Crippen LogP contribution in [0.1, 0.15) is 0 Å². The number of rotatable bonds is 2. The average molecular weight is 123 g/mol. The third-order valence-electron chi connectivity index (χ3n) is 0.514. The number of carboxylic acids is 1. The van der Waals surface area contributed by atoms with Crippen LogP contribution >= 0.6 is 0 Å². The van der Waals surface area contributed by atoms with Crippen molar-refractivity contribution >= 4 is 5.97 Å². The molecule has 0 bridgehead atoms. The first-order chi connectivity index (χ1) is 3.18. The molecule has 0 saturated heterocycles. The normalized spacial score (nSPS) is 11.8. The highest BCUT2D eigenvalue weighted by molar-refractivity contribution is 5.73. The maximum Gasteiger partial charge on any atom is 0.322 e. The standard InChI is InChI=1S/C3H7NO3.H2O/c4-2(1-5)3(6)7;/h2,5H,1,4H2,(H,6,7);1H2/t2-;/m0./s1. The van der Waals surface area contributed by atoms with Crippen LogP contribution in [0.5, 0.6) is 0 Å². The second-order valence-electron chi connectivity index (χ2n) is 1.13. The molecule has 0 rings (SSSR count). The van der Waals surface area contributed by atoms with Gasteiger partial charge in [0.15, 0.2) is 0 Å². The zero-order valence-corrected chi connectivity index (χ0v) is 4.16. The van der Waals surface area contributed by atoms with E-state index in [9.17, 15) is 4.79 Å². The summed E-state index contributed by atoms with van der Waals surface area (Å²) in [5.74, 6) is -1.18. The third kappa shape index (κ3) is 3.54. The van der Waals surface area contributed by atoms with Crippen molar-refractivity contribution in [1.29, 1.82) is 0 Å². The first-order valence-electron chi connectivity index (χ1n) is 1.77. The first kappa shape index (κ1) is 10.4. The van der Waals surface area contributed by atoms with Crippen LogP contribution in [0.15, 0.2) is 0 Å². The van der Waals surface area contributed by atoms with Gasteiger partial charge in [0.05, 0.1) is 6.61 Å². The van der Waals surface area contributed by atoms with E-state index in [0.717, 1.165) is 0 Å². The minimum atomic E-state index is -1.18. The molecule has 1 atom stereocenters. The van der Waals surface area contributed by atoms with Gasteiger partial charge in [-0.25, -0.2) is 0 Å². The molecule has 0 radical (unpaired) electrons. The monoisotopic (exact) mass is 123 g/mol. The number of aliphatic carboxylic acids is 1. The van der Waals surface area contributed by atoms with Crippen LogP contribution in [-0.2, 0) is 4.79 Å². The van der Waals surface area contributed by atoms with Crippen molar-refractivity contribution in [3.63, 3.8) is 0 Å². The van der Waals surface area contributed by atoms with Gasteiger partial charge in [0.2, 0.25) is 0 Å². The summed E-state index contributed by atoms with van der Waals surface area (Å²) in [5.41, 5.74) is 4.77. The average Bonchev–Trinajstić information content (AvgIpc) is 1.65. The molecule has 8 heavy (non-hydrogen) atoms. The van der Waals surface area contributed by atoms with E-state index in [4.69, 9.17) is 15.9 Å². The van der Waals surface area contributed by atoms with Crippen molar-refractivity contribution in [2.45, 2.75) is 6.04 Å². The Balaban J connectivity index is 0. The second kappa shape index (κ2) is 4.51. The molecule has 0 aromatic rings. The number of hydrogen-bond donors (Lipinski definition) is 3.